The predicted octanol–water partition coefficient (Wildman–Crippen LogP) is 4.15. The Hall–Kier alpha value is -1.49. The summed E-state index contributed by atoms with van der Waals surface area (Å²) in [5.74, 6) is -0.390. The van der Waals surface area contributed by atoms with Crippen LogP contribution in [0.2, 0.25) is 0 Å². The lowest BCUT2D eigenvalue weighted by Gasteiger charge is -2.26. The summed E-state index contributed by atoms with van der Waals surface area (Å²) in [7, 11) is 0. The van der Waals surface area contributed by atoms with Gasteiger partial charge in [0.05, 0.1) is 5.56 Å². The third-order valence-electron chi connectivity index (χ3n) is 4.07. The van der Waals surface area contributed by atoms with E-state index in [9.17, 15) is 9.59 Å². The van der Waals surface area contributed by atoms with Gasteiger partial charge in [-0.3, -0.25) is 9.59 Å². The standard InChI is InChI=1S/C18H27NO3S/c1-5-14(6-2)12-19(7-3)17(20)15-10-8-9-11-16(15)23-13(4)18(21)22/h8-11,13-14H,5-7,12H2,1-4H3,(H,21,22). The van der Waals surface area contributed by atoms with E-state index in [1.807, 2.05) is 30.0 Å². The zero-order chi connectivity index (χ0) is 17.4. The molecular formula is C18H27NO3S. The van der Waals surface area contributed by atoms with E-state index >= 15 is 0 Å². The Bertz CT molecular complexity index is 529. The first-order valence-electron chi connectivity index (χ1n) is 8.22. The number of carbonyl (C=O) groups excluding carboxylic acids is 1. The highest BCUT2D eigenvalue weighted by Gasteiger charge is 2.22. The van der Waals surface area contributed by atoms with Gasteiger partial charge in [-0.25, -0.2) is 0 Å². The Morgan fingerprint density at radius 2 is 1.78 bits per heavy atom. The van der Waals surface area contributed by atoms with Gasteiger partial charge in [0.15, 0.2) is 0 Å². The fourth-order valence-corrected chi connectivity index (χ4v) is 3.29. The van der Waals surface area contributed by atoms with Crippen LogP contribution >= 0.6 is 11.8 Å². The van der Waals surface area contributed by atoms with Gasteiger partial charge in [0.2, 0.25) is 0 Å². The topological polar surface area (TPSA) is 57.6 Å². The van der Waals surface area contributed by atoms with E-state index in [4.69, 9.17) is 5.11 Å². The highest BCUT2D eigenvalue weighted by atomic mass is 32.2. The van der Waals surface area contributed by atoms with E-state index in [2.05, 4.69) is 13.8 Å². The first-order chi connectivity index (χ1) is 10.9. The lowest BCUT2D eigenvalue weighted by Crippen LogP contribution is -2.35. The molecule has 0 spiro atoms. The molecule has 0 heterocycles. The smallest absolute Gasteiger partial charge is 0.316 e. The first-order valence-corrected chi connectivity index (χ1v) is 9.10. The van der Waals surface area contributed by atoms with Crippen LogP contribution in [0.5, 0.6) is 0 Å². The van der Waals surface area contributed by atoms with E-state index in [0.717, 1.165) is 24.3 Å². The molecule has 0 radical (unpaired) electrons. The molecule has 1 atom stereocenters. The molecule has 1 aromatic carbocycles. The number of thioether (sulfide) groups is 1. The van der Waals surface area contributed by atoms with E-state index < -0.39 is 11.2 Å². The van der Waals surface area contributed by atoms with Crippen molar-refractivity contribution in [2.45, 2.75) is 50.7 Å². The van der Waals surface area contributed by atoms with Gasteiger partial charge in [0, 0.05) is 18.0 Å². The second-order valence-corrected chi connectivity index (χ2v) is 7.00. The second-order valence-electron chi connectivity index (χ2n) is 5.62. The van der Waals surface area contributed by atoms with Crippen LogP contribution in [0.1, 0.15) is 50.9 Å². The normalized spacial score (nSPS) is 12.2. The van der Waals surface area contributed by atoms with Crippen LogP contribution in [0.25, 0.3) is 0 Å². The zero-order valence-corrected chi connectivity index (χ0v) is 15.2. The number of rotatable bonds is 9. The van der Waals surface area contributed by atoms with Crippen molar-refractivity contribution in [3.8, 4) is 0 Å². The van der Waals surface area contributed by atoms with E-state index in [-0.39, 0.29) is 5.91 Å². The maximum absolute atomic E-state index is 12.9. The van der Waals surface area contributed by atoms with Gasteiger partial charge in [-0.2, -0.15) is 0 Å². The molecule has 0 aromatic heterocycles. The zero-order valence-electron chi connectivity index (χ0n) is 14.4. The van der Waals surface area contributed by atoms with E-state index in [1.54, 1.807) is 13.0 Å². The SMILES string of the molecule is CCC(CC)CN(CC)C(=O)c1ccccc1SC(C)C(=O)O. The van der Waals surface area contributed by atoms with Crippen LogP contribution in [0.3, 0.4) is 0 Å². The predicted molar refractivity (Wildman–Crippen MR) is 95.0 cm³/mol. The maximum Gasteiger partial charge on any atom is 0.316 e. The Balaban J connectivity index is 2.99. The Morgan fingerprint density at radius 3 is 2.30 bits per heavy atom. The van der Waals surface area contributed by atoms with Crippen LogP contribution in [0.4, 0.5) is 0 Å². The number of nitrogens with zero attached hydrogens (tertiary/aromatic N) is 1. The molecule has 0 bridgehead atoms. The fraction of sp³-hybridized carbons (Fsp3) is 0.556. The maximum atomic E-state index is 12.9. The number of amides is 1. The summed E-state index contributed by atoms with van der Waals surface area (Å²) < 4.78 is 0. The van der Waals surface area contributed by atoms with Gasteiger partial charge >= 0.3 is 5.97 Å². The van der Waals surface area contributed by atoms with Gasteiger partial charge in [0.25, 0.3) is 5.91 Å². The molecule has 1 rings (SSSR count). The lowest BCUT2D eigenvalue weighted by molar-refractivity contribution is -0.136. The van der Waals surface area contributed by atoms with Gasteiger partial charge in [-0.1, -0.05) is 38.8 Å². The number of carbonyl (C=O) groups is 2. The molecule has 1 aromatic rings. The van der Waals surface area contributed by atoms with Gasteiger partial charge in [-0.05, 0) is 31.9 Å². The minimum absolute atomic E-state index is 0.0138. The third-order valence-corrected chi connectivity index (χ3v) is 5.24. The lowest BCUT2D eigenvalue weighted by atomic mass is 10.0. The molecule has 0 saturated carbocycles. The monoisotopic (exact) mass is 337 g/mol. The van der Waals surface area contributed by atoms with Crippen molar-refractivity contribution in [2.24, 2.45) is 5.92 Å². The number of hydrogen-bond acceptors (Lipinski definition) is 3. The minimum Gasteiger partial charge on any atom is -0.480 e. The average Bonchev–Trinajstić information content (AvgIpc) is 2.56. The molecular weight excluding hydrogens is 310 g/mol. The highest BCUT2D eigenvalue weighted by Crippen LogP contribution is 2.28. The van der Waals surface area contributed by atoms with E-state index in [0.29, 0.717) is 18.0 Å². The summed E-state index contributed by atoms with van der Waals surface area (Å²) in [4.78, 5) is 26.6. The molecule has 0 saturated heterocycles. The van der Waals surface area contributed by atoms with Crippen molar-refractivity contribution in [3.05, 3.63) is 29.8 Å². The summed E-state index contributed by atoms with van der Waals surface area (Å²) in [6, 6.07) is 7.27. The summed E-state index contributed by atoms with van der Waals surface area (Å²) in [6.07, 6.45) is 2.10. The molecule has 0 aliphatic rings. The van der Waals surface area contributed by atoms with E-state index in [1.165, 1.54) is 11.8 Å². The number of aliphatic carboxylic acids is 1. The summed E-state index contributed by atoms with van der Waals surface area (Å²) in [5, 5.41) is 8.51. The molecule has 23 heavy (non-hydrogen) atoms. The summed E-state index contributed by atoms with van der Waals surface area (Å²) in [5.41, 5.74) is 0.596. The number of carboxylic acids is 1. The summed E-state index contributed by atoms with van der Waals surface area (Å²) in [6.45, 7) is 9.31. The Labute approximate surface area is 143 Å². The largest absolute Gasteiger partial charge is 0.480 e. The number of hydrogen-bond donors (Lipinski definition) is 1. The molecule has 5 heteroatoms. The van der Waals surface area contributed by atoms with Crippen molar-refractivity contribution >= 4 is 23.6 Å². The number of carboxylic acid groups (broad SMARTS) is 1. The Morgan fingerprint density at radius 1 is 1.17 bits per heavy atom. The van der Waals surface area contributed by atoms with Crippen LogP contribution in [0.15, 0.2) is 29.2 Å². The third kappa shape index (κ3) is 5.57. The molecule has 1 amide bonds. The minimum atomic E-state index is -0.873. The van der Waals surface area contributed by atoms with Crippen LogP contribution < -0.4 is 0 Å². The van der Waals surface area contributed by atoms with Crippen LogP contribution in [0, 0.1) is 5.92 Å². The van der Waals surface area contributed by atoms with Crippen molar-refractivity contribution in [2.75, 3.05) is 13.1 Å². The molecule has 1 unspecified atom stereocenters. The molecule has 0 aliphatic carbocycles. The van der Waals surface area contributed by atoms with Crippen LogP contribution in [-0.4, -0.2) is 40.2 Å². The van der Waals surface area contributed by atoms with Crippen LogP contribution in [-0.2, 0) is 4.79 Å². The summed E-state index contributed by atoms with van der Waals surface area (Å²) >= 11 is 1.22. The van der Waals surface area contributed by atoms with Gasteiger partial charge < -0.3 is 10.0 Å². The average molecular weight is 337 g/mol. The number of benzene rings is 1. The quantitative estimate of drug-likeness (QED) is 0.688. The van der Waals surface area contributed by atoms with Crippen molar-refractivity contribution in [1.82, 2.24) is 4.90 Å². The second kappa shape index (κ2) is 9.60. The Kier molecular flexibility index (Phi) is 8.17. The molecule has 0 fully saturated rings. The molecule has 1 N–H and O–H groups in total. The molecule has 128 valence electrons. The van der Waals surface area contributed by atoms with Crippen molar-refractivity contribution in [1.29, 1.82) is 0 Å². The fourth-order valence-electron chi connectivity index (χ4n) is 2.37. The first kappa shape index (κ1) is 19.6. The van der Waals surface area contributed by atoms with Gasteiger partial charge in [-0.15, -0.1) is 11.8 Å². The van der Waals surface area contributed by atoms with Crippen molar-refractivity contribution in [3.63, 3.8) is 0 Å². The molecule has 0 aliphatic heterocycles. The molecule has 4 nitrogen and oxygen atoms in total. The van der Waals surface area contributed by atoms with Crippen molar-refractivity contribution < 1.29 is 14.7 Å². The highest BCUT2D eigenvalue weighted by molar-refractivity contribution is 8.00. The van der Waals surface area contributed by atoms with Gasteiger partial charge in [0.1, 0.15) is 5.25 Å².